The van der Waals surface area contributed by atoms with Crippen LogP contribution in [-0.4, -0.2) is 24.0 Å². The largest absolute Gasteiger partial charge is 0.465 e. The van der Waals surface area contributed by atoms with Gasteiger partial charge in [-0.25, -0.2) is 9.78 Å². The van der Waals surface area contributed by atoms with Crippen LogP contribution in [0.4, 0.5) is 5.82 Å². The van der Waals surface area contributed by atoms with E-state index in [-0.39, 0.29) is 5.91 Å². The van der Waals surface area contributed by atoms with E-state index in [1.54, 1.807) is 48.5 Å². The van der Waals surface area contributed by atoms with Gasteiger partial charge in [-0.05, 0) is 24.3 Å². The van der Waals surface area contributed by atoms with E-state index in [2.05, 4.69) is 10.3 Å². The molecule has 0 aliphatic carbocycles. The first-order valence-corrected chi connectivity index (χ1v) is 7.51. The van der Waals surface area contributed by atoms with E-state index in [4.69, 9.17) is 16.3 Å². The molecule has 5 nitrogen and oxygen atoms in total. The number of pyridine rings is 1. The van der Waals surface area contributed by atoms with Gasteiger partial charge in [0.15, 0.2) is 0 Å². The molecule has 0 unspecified atom stereocenters. The van der Waals surface area contributed by atoms with Crippen molar-refractivity contribution in [2.75, 3.05) is 12.4 Å². The maximum atomic E-state index is 12.2. The zero-order chi connectivity index (χ0) is 17.1. The Bertz CT molecular complexity index is 926. The maximum absolute atomic E-state index is 12.2. The Balaban J connectivity index is 1.97. The second-order valence-corrected chi connectivity index (χ2v) is 5.44. The van der Waals surface area contributed by atoms with Crippen molar-refractivity contribution in [3.63, 3.8) is 0 Å². The minimum absolute atomic E-state index is 0.289. The van der Waals surface area contributed by atoms with Gasteiger partial charge in [0.25, 0.3) is 5.91 Å². The van der Waals surface area contributed by atoms with Gasteiger partial charge in [0.05, 0.1) is 23.2 Å². The van der Waals surface area contributed by atoms with E-state index in [0.717, 1.165) is 0 Å². The van der Waals surface area contributed by atoms with Crippen LogP contribution in [0.15, 0.2) is 54.6 Å². The Morgan fingerprint density at radius 2 is 1.79 bits per heavy atom. The number of methoxy groups -OCH3 is 1. The van der Waals surface area contributed by atoms with Crippen molar-refractivity contribution in [1.29, 1.82) is 0 Å². The number of hydrogen-bond donors (Lipinski definition) is 1. The number of rotatable bonds is 3. The van der Waals surface area contributed by atoms with Gasteiger partial charge in [0.1, 0.15) is 5.82 Å². The monoisotopic (exact) mass is 340 g/mol. The quantitative estimate of drug-likeness (QED) is 0.733. The van der Waals surface area contributed by atoms with Crippen LogP contribution in [0.25, 0.3) is 10.9 Å². The number of carbonyl (C=O) groups excluding carboxylic acids is 2. The third-order valence-electron chi connectivity index (χ3n) is 3.46. The highest BCUT2D eigenvalue weighted by Gasteiger charge is 2.12. The molecule has 0 atom stereocenters. The molecule has 0 radical (unpaired) electrons. The molecule has 0 bridgehead atoms. The van der Waals surface area contributed by atoms with Crippen molar-refractivity contribution >= 4 is 40.2 Å². The second kappa shape index (κ2) is 6.68. The first-order valence-electron chi connectivity index (χ1n) is 7.13. The van der Waals surface area contributed by atoms with Gasteiger partial charge in [-0.15, -0.1) is 0 Å². The number of fused-ring (bicyclic) bond motifs is 1. The second-order valence-electron chi connectivity index (χ2n) is 5.03. The standard InChI is InChI=1S/C18H13ClN2O3/c1-24-18(23)12-7-8-13-14(19)10-16(20-15(13)9-12)21-17(22)11-5-3-2-4-6-11/h2-10H,1H3,(H,20,21,22). The van der Waals surface area contributed by atoms with Gasteiger partial charge < -0.3 is 10.1 Å². The minimum Gasteiger partial charge on any atom is -0.465 e. The number of halogens is 1. The Hall–Kier alpha value is -2.92. The number of esters is 1. The number of amides is 1. The molecule has 1 N–H and O–H groups in total. The van der Waals surface area contributed by atoms with Crippen LogP contribution in [0.1, 0.15) is 20.7 Å². The molecule has 0 aliphatic rings. The van der Waals surface area contributed by atoms with E-state index < -0.39 is 5.97 Å². The molecule has 0 spiro atoms. The highest BCUT2D eigenvalue weighted by molar-refractivity contribution is 6.35. The fourth-order valence-corrected chi connectivity index (χ4v) is 2.54. The van der Waals surface area contributed by atoms with Crippen LogP contribution in [-0.2, 0) is 4.74 Å². The molecule has 1 aromatic heterocycles. The smallest absolute Gasteiger partial charge is 0.337 e. The number of carbonyl (C=O) groups is 2. The number of nitrogens with one attached hydrogen (secondary N) is 1. The molecule has 120 valence electrons. The first-order chi connectivity index (χ1) is 11.6. The zero-order valence-electron chi connectivity index (χ0n) is 12.7. The lowest BCUT2D eigenvalue weighted by molar-refractivity contribution is 0.0600. The molecule has 3 aromatic rings. The Labute approximate surface area is 143 Å². The predicted octanol–water partition coefficient (Wildman–Crippen LogP) is 3.93. The summed E-state index contributed by atoms with van der Waals surface area (Å²) >= 11 is 6.25. The summed E-state index contributed by atoms with van der Waals surface area (Å²) in [6, 6.07) is 15.2. The lowest BCUT2D eigenvalue weighted by Gasteiger charge is -2.08. The van der Waals surface area contributed by atoms with Gasteiger partial charge >= 0.3 is 5.97 Å². The third-order valence-corrected chi connectivity index (χ3v) is 3.77. The van der Waals surface area contributed by atoms with Gasteiger partial charge in [-0.3, -0.25) is 4.79 Å². The minimum atomic E-state index is -0.464. The molecule has 6 heteroatoms. The lowest BCUT2D eigenvalue weighted by Crippen LogP contribution is -2.12. The predicted molar refractivity (Wildman–Crippen MR) is 92.5 cm³/mol. The van der Waals surface area contributed by atoms with Gasteiger partial charge in [-0.2, -0.15) is 0 Å². The average Bonchev–Trinajstić information content (AvgIpc) is 2.61. The van der Waals surface area contributed by atoms with Crippen molar-refractivity contribution in [1.82, 2.24) is 4.98 Å². The Kier molecular flexibility index (Phi) is 4.44. The van der Waals surface area contributed by atoms with E-state index in [0.29, 0.717) is 32.9 Å². The van der Waals surface area contributed by atoms with Gasteiger partial charge in [0, 0.05) is 17.0 Å². The zero-order valence-corrected chi connectivity index (χ0v) is 13.5. The SMILES string of the molecule is COC(=O)c1ccc2c(Cl)cc(NC(=O)c3ccccc3)nc2c1. The summed E-state index contributed by atoms with van der Waals surface area (Å²) in [4.78, 5) is 28.2. The highest BCUT2D eigenvalue weighted by atomic mass is 35.5. The molecule has 3 rings (SSSR count). The number of nitrogens with zero attached hydrogens (tertiary/aromatic N) is 1. The fraction of sp³-hybridized carbons (Fsp3) is 0.0556. The summed E-state index contributed by atoms with van der Waals surface area (Å²) in [6.45, 7) is 0. The number of ether oxygens (including phenoxy) is 1. The molecule has 1 amide bonds. The summed E-state index contributed by atoms with van der Waals surface area (Å²) in [5.41, 5.74) is 1.37. The van der Waals surface area contributed by atoms with Crippen LogP contribution < -0.4 is 5.32 Å². The number of hydrogen-bond acceptors (Lipinski definition) is 4. The Morgan fingerprint density at radius 1 is 1.04 bits per heavy atom. The van der Waals surface area contributed by atoms with E-state index in [1.807, 2.05) is 6.07 Å². The average molecular weight is 341 g/mol. The van der Waals surface area contributed by atoms with Crippen molar-refractivity contribution in [3.05, 3.63) is 70.7 Å². The highest BCUT2D eigenvalue weighted by Crippen LogP contribution is 2.26. The molecular weight excluding hydrogens is 328 g/mol. The molecule has 0 fully saturated rings. The summed E-state index contributed by atoms with van der Waals surface area (Å²) in [5, 5.41) is 3.82. The number of anilines is 1. The lowest BCUT2D eigenvalue weighted by atomic mass is 10.1. The van der Waals surface area contributed by atoms with Crippen molar-refractivity contribution < 1.29 is 14.3 Å². The van der Waals surface area contributed by atoms with E-state index in [9.17, 15) is 9.59 Å². The molecule has 0 saturated carbocycles. The van der Waals surface area contributed by atoms with Crippen LogP contribution in [0.5, 0.6) is 0 Å². The van der Waals surface area contributed by atoms with Crippen LogP contribution in [0, 0.1) is 0 Å². The maximum Gasteiger partial charge on any atom is 0.337 e. The van der Waals surface area contributed by atoms with Crippen molar-refractivity contribution in [3.8, 4) is 0 Å². The topological polar surface area (TPSA) is 68.3 Å². The van der Waals surface area contributed by atoms with Gasteiger partial charge in [-0.1, -0.05) is 35.9 Å². The normalized spacial score (nSPS) is 10.4. The fourth-order valence-electron chi connectivity index (χ4n) is 2.27. The molecule has 24 heavy (non-hydrogen) atoms. The molecule has 2 aromatic carbocycles. The van der Waals surface area contributed by atoms with Gasteiger partial charge in [0.2, 0.25) is 0 Å². The van der Waals surface area contributed by atoms with Crippen molar-refractivity contribution in [2.45, 2.75) is 0 Å². The molecular formula is C18H13ClN2O3. The first kappa shape index (κ1) is 16.0. The summed E-state index contributed by atoms with van der Waals surface area (Å²) < 4.78 is 4.70. The van der Waals surface area contributed by atoms with Crippen molar-refractivity contribution in [2.24, 2.45) is 0 Å². The van der Waals surface area contributed by atoms with E-state index >= 15 is 0 Å². The number of aromatic nitrogens is 1. The molecule has 1 heterocycles. The molecule has 0 saturated heterocycles. The van der Waals surface area contributed by atoms with Crippen LogP contribution in [0.3, 0.4) is 0 Å². The number of benzene rings is 2. The molecule has 0 aliphatic heterocycles. The third kappa shape index (κ3) is 3.21. The Morgan fingerprint density at radius 3 is 2.50 bits per heavy atom. The van der Waals surface area contributed by atoms with Crippen LogP contribution in [0.2, 0.25) is 5.02 Å². The summed E-state index contributed by atoms with van der Waals surface area (Å²) in [7, 11) is 1.31. The van der Waals surface area contributed by atoms with E-state index in [1.165, 1.54) is 7.11 Å². The van der Waals surface area contributed by atoms with Crippen LogP contribution >= 0.6 is 11.6 Å². The summed E-state index contributed by atoms with van der Waals surface area (Å²) in [6.07, 6.45) is 0. The summed E-state index contributed by atoms with van der Waals surface area (Å²) in [5.74, 6) is -0.445.